The van der Waals surface area contributed by atoms with Crippen LogP contribution in [0.15, 0.2) is 229 Å². The molecule has 0 aromatic heterocycles. The van der Waals surface area contributed by atoms with Crippen LogP contribution in [0.1, 0.15) is 227 Å². The quantitative estimate of drug-likeness (QED) is 0.0202. The van der Waals surface area contributed by atoms with Crippen LogP contribution in [-0.2, 0) is 107 Å². The van der Waals surface area contributed by atoms with Gasteiger partial charge >= 0.3 is 0 Å². The van der Waals surface area contributed by atoms with Crippen LogP contribution in [0.3, 0.4) is 0 Å². The second-order valence-electron chi connectivity index (χ2n) is 32.8. The molecule has 0 radical (unpaired) electrons. The van der Waals surface area contributed by atoms with Crippen molar-refractivity contribution in [2.45, 2.75) is 248 Å². The lowest BCUT2D eigenvalue weighted by molar-refractivity contribution is -0.116. The second kappa shape index (κ2) is 59.0. The van der Waals surface area contributed by atoms with Gasteiger partial charge in [0.05, 0.1) is 5.69 Å². The van der Waals surface area contributed by atoms with Gasteiger partial charge in [0.1, 0.15) is 80.0 Å². The summed E-state index contributed by atoms with van der Waals surface area (Å²) >= 11 is 12.1. The number of anilines is 6. The Morgan fingerprint density at radius 2 is 0.533 bits per heavy atom. The number of ether oxygens (including phenoxy) is 6. The van der Waals surface area contributed by atoms with Crippen LogP contribution in [0.4, 0.5) is 38.5 Å². The number of aryl methyl sites for hydroxylation is 13. The van der Waals surface area contributed by atoms with Crippen LogP contribution in [-0.4, -0.2) is 35.4 Å². The van der Waals surface area contributed by atoms with Crippen LogP contribution in [0, 0.1) is 57.9 Å². The third kappa shape index (κ3) is 36.3. The van der Waals surface area contributed by atoms with Gasteiger partial charge in [-0.2, -0.15) is 0 Å². The van der Waals surface area contributed by atoms with Gasteiger partial charge in [-0.1, -0.05) is 271 Å². The Morgan fingerprint density at radius 1 is 0.277 bits per heavy atom. The number of carbonyl (C=O) groups is 6. The zero-order valence-corrected chi connectivity index (χ0v) is 87.5. The molecule has 0 atom stereocenters. The molecule has 18 nitrogen and oxygen atoms in total. The average Bonchev–Trinajstić information content (AvgIpc) is 0.857. The van der Waals surface area contributed by atoms with E-state index in [-0.39, 0.29) is 47.9 Å². The van der Waals surface area contributed by atoms with Crippen molar-refractivity contribution in [3.63, 3.8) is 0 Å². The number of carbonyl (C=O) groups excluding carboxylic acids is 6. The van der Waals surface area contributed by atoms with E-state index in [1.165, 1.54) is 56.1 Å². The lowest BCUT2D eigenvalue weighted by Crippen LogP contribution is -2.13. The van der Waals surface area contributed by atoms with Gasteiger partial charge < -0.3 is 60.3 Å². The molecule has 0 fully saturated rings. The summed E-state index contributed by atoms with van der Waals surface area (Å²) < 4.78 is 52.0. The van der Waals surface area contributed by atoms with Crippen LogP contribution in [0.25, 0.3) is 0 Å². The molecule has 22 heteroatoms. The monoisotopic (exact) mass is 2050 g/mol. The summed E-state index contributed by atoms with van der Waals surface area (Å²) in [5.41, 5.74) is 25.0. The molecule has 12 rings (SSSR count). The number of halogens is 4. The van der Waals surface area contributed by atoms with Gasteiger partial charge in [0.25, 0.3) is 0 Å². The zero-order valence-electron chi connectivity index (χ0n) is 83.0. The van der Waals surface area contributed by atoms with Gasteiger partial charge in [0.15, 0.2) is 0 Å². The van der Waals surface area contributed by atoms with E-state index < -0.39 is 0 Å². The maximum atomic E-state index is 14.1. The fourth-order valence-corrected chi connectivity index (χ4v) is 15.5. The molecule has 0 aliphatic carbocycles. The van der Waals surface area contributed by atoms with Gasteiger partial charge in [0.2, 0.25) is 35.4 Å². The van der Waals surface area contributed by atoms with E-state index in [9.17, 15) is 33.2 Å². The van der Waals surface area contributed by atoms with Gasteiger partial charge in [-0.3, -0.25) is 28.8 Å². The number of rotatable bonds is 36. The minimum atomic E-state index is -0.385. The van der Waals surface area contributed by atoms with Gasteiger partial charge in [-0.15, -0.1) is 0 Å². The summed E-state index contributed by atoms with van der Waals surface area (Å²) in [6.07, 6.45) is 8.07. The summed E-state index contributed by atoms with van der Waals surface area (Å²) in [6, 6.07) is 72.4. The Kier molecular flexibility index (Phi) is 48.1. The number of hydrogen-bond acceptors (Lipinski definition) is 12. The minimum absolute atomic E-state index is 0.00562. The molecule has 0 saturated heterocycles. The summed E-state index contributed by atoms with van der Waals surface area (Å²) in [7, 11) is 0. The first-order valence-electron chi connectivity index (χ1n) is 47.3. The lowest BCUT2D eigenvalue weighted by atomic mass is 10.1. The van der Waals surface area contributed by atoms with Crippen molar-refractivity contribution in [2.24, 2.45) is 0 Å². The molecule has 726 valence electrons. The highest BCUT2D eigenvalue weighted by molar-refractivity contribution is 14.1. The van der Waals surface area contributed by atoms with Crippen LogP contribution in [0.2, 0.25) is 5.02 Å². The first kappa shape index (κ1) is 112. The Balaban J connectivity index is 0.000000224. The molecule has 0 spiro atoms. The number of para-hydroxylation sites is 1. The first-order chi connectivity index (χ1) is 65.9. The smallest absolute Gasteiger partial charge is 0.224 e. The predicted molar refractivity (Wildman–Crippen MR) is 572 cm³/mol. The largest absolute Gasteiger partial charge is 0.489 e. The minimum Gasteiger partial charge on any atom is -0.489 e. The Hall–Kier alpha value is -12.3. The molecule has 0 unspecified atom stereocenters. The normalized spacial score (nSPS) is 10.4. The fourth-order valence-electron chi connectivity index (χ4n) is 14.2. The van der Waals surface area contributed by atoms with Crippen LogP contribution in [0.5, 0.6) is 34.5 Å². The highest BCUT2D eigenvalue weighted by Crippen LogP contribution is 2.35. The number of benzene rings is 12. The van der Waals surface area contributed by atoms with E-state index in [2.05, 4.69) is 201 Å². The van der Waals surface area contributed by atoms with Crippen LogP contribution < -0.4 is 60.3 Å². The summed E-state index contributed by atoms with van der Waals surface area (Å²) in [5, 5.41) is 17.9. The van der Waals surface area contributed by atoms with Crippen molar-refractivity contribution in [2.75, 3.05) is 31.9 Å². The number of hydrogen-bond donors (Lipinski definition) is 6. The molecule has 0 heterocycles. The van der Waals surface area contributed by atoms with E-state index in [0.29, 0.717) is 93.5 Å². The Morgan fingerprint density at radius 3 is 0.891 bits per heavy atom. The first-order valence-corrected chi connectivity index (χ1v) is 49.5. The molecule has 0 aliphatic rings. The van der Waals surface area contributed by atoms with Crippen LogP contribution >= 0.6 is 50.1 Å². The molecule has 12 aromatic rings. The number of amides is 6. The number of nitrogens with one attached hydrogen (secondary N) is 6. The third-order valence-electron chi connectivity index (χ3n) is 22.3. The molecule has 6 amide bonds. The molecule has 0 bridgehead atoms. The second-order valence-corrected chi connectivity index (χ2v) is 35.2. The summed E-state index contributed by atoms with van der Waals surface area (Å²) in [5.74, 6) is 4.67. The Bertz CT molecular complexity index is 5300. The highest BCUT2D eigenvalue weighted by Gasteiger charge is 2.20. The van der Waals surface area contributed by atoms with Gasteiger partial charge in [0, 0.05) is 113 Å². The van der Waals surface area contributed by atoms with E-state index in [1.54, 1.807) is 25.1 Å². The third-order valence-corrected chi connectivity index (χ3v) is 24.4. The van der Waals surface area contributed by atoms with Crippen molar-refractivity contribution in [1.82, 2.24) is 0 Å². The molecular formula is C115H136BrClFIN6O12. The molecule has 0 saturated carbocycles. The summed E-state index contributed by atoms with van der Waals surface area (Å²) in [4.78, 5) is 69.9. The van der Waals surface area contributed by atoms with E-state index in [0.717, 1.165) is 154 Å². The van der Waals surface area contributed by atoms with Crippen molar-refractivity contribution < 1.29 is 61.6 Å². The topological polar surface area (TPSA) is 230 Å². The summed E-state index contributed by atoms with van der Waals surface area (Å²) in [6.45, 7) is 40.2. The van der Waals surface area contributed by atoms with Crippen molar-refractivity contribution in [1.29, 1.82) is 0 Å². The van der Waals surface area contributed by atoms with Gasteiger partial charge in [-0.05, 0) is 246 Å². The van der Waals surface area contributed by atoms with E-state index in [1.807, 2.05) is 194 Å². The SMILES string of the molecule is CCC(=O)Nc1cccc(Br)c1COc1ccc(C)cc1CC.CCC(=O)Nc1cccc(C)c1COc1ccc(C)cc1CC.CCC(=O)Nc1cccc(Cl)c1COc1ccc(C)cc1CC.CCC(=O)Nc1cccc(F)c1COc1ccc(C)cc1CC.CCC(=O)Nc1cccc(I)c1COc1ccc(C)cc1CC.CCC(=O)Nc1ccccc1COc1ccc(C)cc1CC. The molecule has 6 N–H and O–H groups in total. The highest BCUT2D eigenvalue weighted by atomic mass is 127. The average molecular weight is 2060 g/mol. The molecular weight excluding hydrogens is 1920 g/mol. The van der Waals surface area contributed by atoms with Crippen molar-refractivity contribution in [3.8, 4) is 34.5 Å². The van der Waals surface area contributed by atoms with Crippen molar-refractivity contribution >= 4 is 120 Å². The maximum Gasteiger partial charge on any atom is 0.224 e. The van der Waals surface area contributed by atoms with E-state index >= 15 is 0 Å². The molecule has 0 aliphatic heterocycles. The Labute approximate surface area is 838 Å². The van der Waals surface area contributed by atoms with Gasteiger partial charge in [-0.25, -0.2) is 4.39 Å². The molecule has 137 heavy (non-hydrogen) atoms. The zero-order chi connectivity index (χ0) is 100. The molecule has 12 aromatic carbocycles. The van der Waals surface area contributed by atoms with Crippen molar-refractivity contribution in [3.05, 3.63) is 349 Å². The van der Waals surface area contributed by atoms with E-state index in [4.69, 9.17) is 40.0 Å². The standard InChI is InChI=1S/C20H25NO2.C19H22BrNO2.C19H22ClNO2.C19H22FNO2.C19H22INO2.C19H23NO2/c1-5-16-12-14(3)10-11-19(16)23-13-17-15(4)8-7-9-18(17)21-20(22)6-2;4*1-4-14-11-13(3)9-10-18(14)23-12-15-16(20)7-6-8-17(15)21-19(22)5-2;1-4-15-12-14(3)10-11-18(15)22-13-16-8-6-7-9-17(16)20-19(21)5-2/h7-12H,5-6,13H2,1-4H3,(H,21,22);4*6-11H,4-5,12H2,1-3H3,(H,21,22);6-12H,4-5,13H2,1-3H3,(H,20,21). The predicted octanol–water partition coefficient (Wildman–Crippen LogP) is 29.4. The fraction of sp³-hybridized carbons (Fsp3) is 0.322. The maximum absolute atomic E-state index is 14.1. The lowest BCUT2D eigenvalue weighted by Gasteiger charge is -2.16.